The van der Waals surface area contributed by atoms with Crippen LogP contribution in [0.2, 0.25) is 5.02 Å². The normalized spacial score (nSPS) is 25.2. The SMILES string of the molecule is CSCC(C)N1C(=O)C2(CC2)NC1c1ccc(Cl)cc1. The lowest BCUT2D eigenvalue weighted by atomic mass is 10.1. The Kier molecular flexibility index (Phi) is 3.73. The van der Waals surface area contributed by atoms with Crippen molar-refractivity contribution in [2.45, 2.75) is 37.5 Å². The second-order valence-electron chi connectivity index (χ2n) is 5.70. The van der Waals surface area contributed by atoms with E-state index in [0.29, 0.717) is 0 Å². The zero-order chi connectivity index (χ0) is 14.3. The molecule has 1 aromatic rings. The highest BCUT2D eigenvalue weighted by Gasteiger charge is 2.60. The molecule has 1 spiro atoms. The molecule has 1 aromatic carbocycles. The first-order chi connectivity index (χ1) is 9.57. The topological polar surface area (TPSA) is 32.3 Å². The van der Waals surface area contributed by atoms with E-state index in [9.17, 15) is 4.79 Å². The number of carbonyl (C=O) groups is 1. The van der Waals surface area contributed by atoms with Gasteiger partial charge in [-0.3, -0.25) is 10.1 Å². The molecule has 1 amide bonds. The smallest absolute Gasteiger partial charge is 0.244 e. The second kappa shape index (κ2) is 5.24. The van der Waals surface area contributed by atoms with Crippen molar-refractivity contribution >= 4 is 29.3 Å². The maximum absolute atomic E-state index is 12.7. The van der Waals surface area contributed by atoms with E-state index in [-0.39, 0.29) is 23.7 Å². The van der Waals surface area contributed by atoms with Crippen molar-refractivity contribution in [1.29, 1.82) is 0 Å². The largest absolute Gasteiger partial charge is 0.318 e. The number of hydrogen-bond acceptors (Lipinski definition) is 3. The minimum absolute atomic E-state index is 0.0237. The Balaban J connectivity index is 1.90. The molecule has 1 saturated carbocycles. The van der Waals surface area contributed by atoms with E-state index in [1.165, 1.54) is 0 Å². The molecule has 1 saturated heterocycles. The highest BCUT2D eigenvalue weighted by molar-refractivity contribution is 7.98. The fraction of sp³-hybridized carbons (Fsp3) is 0.533. The monoisotopic (exact) mass is 310 g/mol. The van der Waals surface area contributed by atoms with Gasteiger partial charge in [0.05, 0.1) is 0 Å². The number of hydrogen-bond donors (Lipinski definition) is 1. The van der Waals surface area contributed by atoms with Crippen LogP contribution < -0.4 is 5.32 Å². The molecule has 3 nitrogen and oxygen atoms in total. The lowest BCUT2D eigenvalue weighted by Crippen LogP contribution is -2.40. The highest BCUT2D eigenvalue weighted by atomic mass is 35.5. The second-order valence-corrected chi connectivity index (χ2v) is 7.04. The van der Waals surface area contributed by atoms with Crippen LogP contribution in [-0.2, 0) is 4.79 Å². The number of amides is 1. The summed E-state index contributed by atoms with van der Waals surface area (Å²) in [5.74, 6) is 1.21. The lowest BCUT2D eigenvalue weighted by Gasteiger charge is -2.30. The van der Waals surface area contributed by atoms with Gasteiger partial charge in [-0.1, -0.05) is 23.7 Å². The Hall–Kier alpha value is -0.710. The minimum Gasteiger partial charge on any atom is -0.318 e. The maximum Gasteiger partial charge on any atom is 0.244 e. The van der Waals surface area contributed by atoms with Gasteiger partial charge in [0.25, 0.3) is 0 Å². The van der Waals surface area contributed by atoms with E-state index < -0.39 is 0 Å². The zero-order valence-electron chi connectivity index (χ0n) is 11.7. The Morgan fingerprint density at radius 2 is 2.10 bits per heavy atom. The molecule has 2 fully saturated rings. The van der Waals surface area contributed by atoms with Gasteiger partial charge in [0.2, 0.25) is 5.91 Å². The summed E-state index contributed by atoms with van der Waals surface area (Å²) in [7, 11) is 0. The molecule has 3 rings (SSSR count). The number of thioether (sulfide) groups is 1. The van der Waals surface area contributed by atoms with Crippen LogP contribution in [0, 0.1) is 0 Å². The third kappa shape index (κ3) is 2.34. The summed E-state index contributed by atoms with van der Waals surface area (Å²) < 4.78 is 0. The van der Waals surface area contributed by atoms with Crippen LogP contribution >= 0.6 is 23.4 Å². The predicted octanol–water partition coefficient (Wildman–Crippen LogP) is 3.05. The quantitative estimate of drug-likeness (QED) is 0.927. The fourth-order valence-electron chi connectivity index (χ4n) is 2.91. The van der Waals surface area contributed by atoms with Gasteiger partial charge in [0.1, 0.15) is 11.7 Å². The number of carbonyl (C=O) groups excluding carboxylic acids is 1. The average molecular weight is 311 g/mol. The van der Waals surface area contributed by atoms with Crippen molar-refractivity contribution in [2.24, 2.45) is 0 Å². The Bertz CT molecular complexity index is 515. The molecule has 2 unspecified atom stereocenters. The molecule has 5 heteroatoms. The van der Waals surface area contributed by atoms with E-state index in [0.717, 1.165) is 29.2 Å². The van der Waals surface area contributed by atoms with Crippen molar-refractivity contribution in [3.63, 3.8) is 0 Å². The summed E-state index contributed by atoms with van der Waals surface area (Å²) in [6.07, 6.45) is 3.97. The van der Waals surface area contributed by atoms with Gasteiger partial charge in [-0.05, 0) is 43.7 Å². The first-order valence-electron chi connectivity index (χ1n) is 6.92. The van der Waals surface area contributed by atoms with Crippen LogP contribution in [0.1, 0.15) is 31.5 Å². The summed E-state index contributed by atoms with van der Waals surface area (Å²) >= 11 is 7.74. The molecule has 2 atom stereocenters. The first-order valence-corrected chi connectivity index (χ1v) is 8.69. The molecule has 2 aliphatic rings. The van der Waals surface area contributed by atoms with Crippen LogP contribution in [0.15, 0.2) is 24.3 Å². The van der Waals surface area contributed by atoms with Gasteiger partial charge in [-0.25, -0.2) is 0 Å². The van der Waals surface area contributed by atoms with Gasteiger partial charge in [0, 0.05) is 16.8 Å². The van der Waals surface area contributed by atoms with Crippen molar-refractivity contribution < 1.29 is 4.79 Å². The summed E-state index contributed by atoms with van der Waals surface area (Å²) in [6, 6.07) is 8.02. The fourth-order valence-corrected chi connectivity index (χ4v) is 3.67. The number of benzene rings is 1. The number of nitrogens with one attached hydrogen (secondary N) is 1. The molecule has 1 aliphatic heterocycles. The third-order valence-electron chi connectivity index (χ3n) is 4.15. The Morgan fingerprint density at radius 3 is 2.65 bits per heavy atom. The molecule has 1 heterocycles. The van der Waals surface area contributed by atoms with Crippen LogP contribution in [0.3, 0.4) is 0 Å². The first kappa shape index (κ1) is 14.2. The van der Waals surface area contributed by atoms with E-state index in [1.807, 2.05) is 29.2 Å². The average Bonchev–Trinajstić information content (AvgIpc) is 3.14. The number of halogens is 1. The van der Waals surface area contributed by atoms with E-state index in [1.54, 1.807) is 11.8 Å². The van der Waals surface area contributed by atoms with Crippen LogP contribution in [0.25, 0.3) is 0 Å². The predicted molar refractivity (Wildman–Crippen MR) is 84.0 cm³/mol. The van der Waals surface area contributed by atoms with E-state index in [2.05, 4.69) is 18.5 Å². The lowest BCUT2D eigenvalue weighted by molar-refractivity contribution is -0.132. The number of nitrogens with zero attached hydrogens (tertiary/aromatic N) is 1. The molecule has 0 aromatic heterocycles. The van der Waals surface area contributed by atoms with Crippen LogP contribution in [0.5, 0.6) is 0 Å². The van der Waals surface area contributed by atoms with Crippen molar-refractivity contribution in [3.05, 3.63) is 34.9 Å². The molecule has 20 heavy (non-hydrogen) atoms. The Morgan fingerprint density at radius 1 is 1.45 bits per heavy atom. The molecular formula is C15H19ClN2OS. The van der Waals surface area contributed by atoms with Gasteiger partial charge in [-0.2, -0.15) is 11.8 Å². The van der Waals surface area contributed by atoms with Gasteiger partial charge < -0.3 is 4.90 Å². The minimum atomic E-state index is -0.281. The molecule has 1 aliphatic carbocycles. The van der Waals surface area contributed by atoms with Crippen molar-refractivity contribution in [2.75, 3.05) is 12.0 Å². The summed E-state index contributed by atoms with van der Waals surface area (Å²) in [6.45, 7) is 2.13. The molecule has 1 N–H and O–H groups in total. The van der Waals surface area contributed by atoms with Gasteiger partial charge in [-0.15, -0.1) is 0 Å². The van der Waals surface area contributed by atoms with Gasteiger partial charge in [0.15, 0.2) is 0 Å². The van der Waals surface area contributed by atoms with Crippen molar-refractivity contribution in [1.82, 2.24) is 10.2 Å². The van der Waals surface area contributed by atoms with Gasteiger partial charge >= 0.3 is 0 Å². The maximum atomic E-state index is 12.7. The van der Waals surface area contributed by atoms with E-state index in [4.69, 9.17) is 11.6 Å². The summed E-state index contributed by atoms with van der Waals surface area (Å²) in [4.78, 5) is 14.7. The highest BCUT2D eigenvalue weighted by Crippen LogP contribution is 2.46. The number of rotatable bonds is 4. The van der Waals surface area contributed by atoms with Crippen LogP contribution in [-0.4, -0.2) is 34.4 Å². The molecular weight excluding hydrogens is 292 g/mol. The van der Waals surface area contributed by atoms with E-state index >= 15 is 0 Å². The molecule has 0 bridgehead atoms. The molecule has 0 radical (unpaired) electrons. The zero-order valence-corrected chi connectivity index (χ0v) is 13.3. The van der Waals surface area contributed by atoms with Crippen molar-refractivity contribution in [3.8, 4) is 0 Å². The summed E-state index contributed by atoms with van der Waals surface area (Å²) in [5, 5.41) is 4.27. The molecule has 108 valence electrons. The standard InChI is InChI=1S/C15H19ClN2OS/c1-10(9-20-2)18-13(11-3-5-12(16)6-4-11)17-15(7-8-15)14(18)19/h3-6,10,13,17H,7-9H2,1-2H3. The van der Waals surface area contributed by atoms with Crippen LogP contribution in [0.4, 0.5) is 0 Å². The third-order valence-corrected chi connectivity index (χ3v) is 5.22. The Labute approximate surface area is 129 Å². The summed E-state index contributed by atoms with van der Waals surface area (Å²) in [5.41, 5.74) is 0.830.